The van der Waals surface area contributed by atoms with Crippen LogP contribution >= 0.6 is 0 Å². The van der Waals surface area contributed by atoms with Crippen LogP contribution < -0.4 is 4.74 Å². The fraction of sp³-hybridized carbons (Fsp3) is 0.133. The van der Waals surface area contributed by atoms with Crippen LogP contribution in [0.1, 0.15) is 17.0 Å². The molecular formula is C15H14O4. The van der Waals surface area contributed by atoms with E-state index >= 15 is 0 Å². The Hall–Kier alpha value is -2.49. The summed E-state index contributed by atoms with van der Waals surface area (Å²) in [6.45, 7) is 0. The smallest absolute Gasteiger partial charge is 0.315 e. The first-order valence-corrected chi connectivity index (χ1v) is 5.78. The third kappa shape index (κ3) is 2.68. The molecule has 0 heterocycles. The van der Waals surface area contributed by atoms with Crippen LogP contribution in [0.3, 0.4) is 0 Å². The summed E-state index contributed by atoms with van der Waals surface area (Å²) in [4.78, 5) is 11.5. The third-order valence-electron chi connectivity index (χ3n) is 2.90. The topological polar surface area (TPSA) is 66.8 Å². The first-order valence-electron chi connectivity index (χ1n) is 5.78. The predicted octanol–water partition coefficient (Wildman–Crippen LogP) is 2.62. The Morgan fingerprint density at radius 2 is 1.84 bits per heavy atom. The molecule has 0 aliphatic carbocycles. The Balaban J connectivity index is 2.57. The summed E-state index contributed by atoms with van der Waals surface area (Å²) in [5.74, 6) is -1.41. The summed E-state index contributed by atoms with van der Waals surface area (Å²) in [6.07, 6.45) is 0. The zero-order valence-corrected chi connectivity index (χ0v) is 10.4. The Morgan fingerprint density at radius 3 is 2.42 bits per heavy atom. The van der Waals surface area contributed by atoms with E-state index < -0.39 is 11.9 Å². The molecule has 0 fully saturated rings. The van der Waals surface area contributed by atoms with Crippen molar-refractivity contribution in [1.82, 2.24) is 0 Å². The Morgan fingerprint density at radius 1 is 1.16 bits per heavy atom. The van der Waals surface area contributed by atoms with Crippen LogP contribution in [0.25, 0.3) is 0 Å². The van der Waals surface area contributed by atoms with E-state index in [2.05, 4.69) is 0 Å². The number of carboxylic acids is 1. The van der Waals surface area contributed by atoms with E-state index in [4.69, 9.17) is 4.74 Å². The molecule has 2 N–H and O–H groups in total. The monoisotopic (exact) mass is 258 g/mol. The van der Waals surface area contributed by atoms with Crippen LogP contribution in [0.2, 0.25) is 0 Å². The average Bonchev–Trinajstić information content (AvgIpc) is 2.40. The maximum atomic E-state index is 11.5. The molecule has 2 aromatic rings. The second-order valence-corrected chi connectivity index (χ2v) is 4.11. The van der Waals surface area contributed by atoms with Gasteiger partial charge in [0.25, 0.3) is 0 Å². The van der Waals surface area contributed by atoms with Gasteiger partial charge >= 0.3 is 5.97 Å². The molecule has 19 heavy (non-hydrogen) atoms. The molecule has 0 amide bonds. The lowest BCUT2D eigenvalue weighted by molar-refractivity contribution is -0.137. The highest BCUT2D eigenvalue weighted by Crippen LogP contribution is 2.34. The van der Waals surface area contributed by atoms with Gasteiger partial charge in [0.05, 0.1) is 7.11 Å². The molecule has 0 aromatic heterocycles. The lowest BCUT2D eigenvalue weighted by Crippen LogP contribution is -2.14. The Kier molecular flexibility index (Phi) is 3.71. The molecule has 98 valence electrons. The van der Waals surface area contributed by atoms with Crippen molar-refractivity contribution < 1.29 is 19.7 Å². The molecule has 0 saturated heterocycles. The fourth-order valence-corrected chi connectivity index (χ4v) is 2.05. The van der Waals surface area contributed by atoms with Crippen molar-refractivity contribution >= 4 is 5.97 Å². The van der Waals surface area contributed by atoms with Crippen LogP contribution in [0.5, 0.6) is 11.5 Å². The summed E-state index contributed by atoms with van der Waals surface area (Å²) < 4.78 is 5.18. The number of benzene rings is 2. The van der Waals surface area contributed by atoms with E-state index in [9.17, 15) is 15.0 Å². The molecule has 0 radical (unpaired) electrons. The highest BCUT2D eigenvalue weighted by atomic mass is 16.5. The number of ether oxygens (including phenoxy) is 1. The maximum Gasteiger partial charge on any atom is 0.315 e. The summed E-state index contributed by atoms with van der Waals surface area (Å²) in [5, 5.41) is 19.0. The van der Waals surface area contributed by atoms with E-state index in [0.29, 0.717) is 16.9 Å². The van der Waals surface area contributed by atoms with Gasteiger partial charge in [-0.1, -0.05) is 30.3 Å². The molecule has 4 heteroatoms. The number of aromatic hydroxyl groups is 1. The number of hydrogen-bond donors (Lipinski definition) is 2. The van der Waals surface area contributed by atoms with Crippen LogP contribution in [-0.4, -0.2) is 23.3 Å². The lowest BCUT2D eigenvalue weighted by atomic mass is 9.90. The number of phenolic OH excluding ortho intramolecular Hbond substituents is 1. The van der Waals surface area contributed by atoms with Gasteiger partial charge in [-0.15, -0.1) is 0 Å². The zero-order valence-electron chi connectivity index (χ0n) is 10.4. The van der Waals surface area contributed by atoms with Crippen LogP contribution in [0, 0.1) is 0 Å². The number of hydrogen-bond acceptors (Lipinski definition) is 3. The van der Waals surface area contributed by atoms with Crippen molar-refractivity contribution in [3.05, 3.63) is 59.7 Å². The van der Waals surface area contributed by atoms with Crippen LogP contribution in [0.15, 0.2) is 48.5 Å². The molecular weight excluding hydrogens is 244 g/mol. The van der Waals surface area contributed by atoms with E-state index in [0.717, 1.165) is 0 Å². The van der Waals surface area contributed by atoms with Crippen molar-refractivity contribution in [2.24, 2.45) is 0 Å². The molecule has 0 saturated carbocycles. The van der Waals surface area contributed by atoms with Crippen molar-refractivity contribution in [2.45, 2.75) is 5.92 Å². The lowest BCUT2D eigenvalue weighted by Gasteiger charge is -2.16. The van der Waals surface area contributed by atoms with Gasteiger partial charge in [-0.2, -0.15) is 0 Å². The zero-order chi connectivity index (χ0) is 13.8. The summed E-state index contributed by atoms with van der Waals surface area (Å²) in [6, 6.07) is 13.3. The van der Waals surface area contributed by atoms with Crippen molar-refractivity contribution in [3.8, 4) is 11.5 Å². The Bertz CT molecular complexity index is 578. The second kappa shape index (κ2) is 5.44. The molecule has 2 rings (SSSR count). The van der Waals surface area contributed by atoms with Gasteiger partial charge in [-0.25, -0.2) is 0 Å². The average molecular weight is 258 g/mol. The normalized spacial score (nSPS) is 11.8. The molecule has 0 aliphatic heterocycles. The summed E-state index contributed by atoms with van der Waals surface area (Å²) in [7, 11) is 1.47. The highest BCUT2D eigenvalue weighted by molar-refractivity contribution is 5.81. The minimum atomic E-state index is -0.991. The van der Waals surface area contributed by atoms with Gasteiger partial charge in [0.2, 0.25) is 0 Å². The number of carboxylic acid groups (broad SMARTS) is 1. The van der Waals surface area contributed by atoms with Gasteiger partial charge in [0, 0.05) is 5.56 Å². The van der Waals surface area contributed by atoms with Gasteiger partial charge in [0.1, 0.15) is 17.4 Å². The quantitative estimate of drug-likeness (QED) is 0.884. The van der Waals surface area contributed by atoms with Gasteiger partial charge in [-0.3, -0.25) is 4.79 Å². The molecule has 0 aliphatic rings. The summed E-state index contributed by atoms with van der Waals surface area (Å²) in [5.41, 5.74) is 1.07. The minimum absolute atomic E-state index is 0.0120. The Labute approximate surface area is 110 Å². The first-order chi connectivity index (χ1) is 9.13. The fourth-order valence-electron chi connectivity index (χ4n) is 2.05. The van der Waals surface area contributed by atoms with Crippen molar-refractivity contribution in [3.63, 3.8) is 0 Å². The largest absolute Gasteiger partial charge is 0.508 e. The SMILES string of the molecule is COc1ccc(O)cc1[C@H](C(=O)O)c1ccccc1. The van der Waals surface area contributed by atoms with E-state index in [1.165, 1.54) is 19.2 Å². The van der Waals surface area contributed by atoms with Crippen molar-refractivity contribution in [2.75, 3.05) is 7.11 Å². The number of aliphatic carboxylic acids is 1. The molecule has 4 nitrogen and oxygen atoms in total. The molecule has 2 aromatic carbocycles. The number of rotatable bonds is 4. The number of methoxy groups -OCH3 is 1. The minimum Gasteiger partial charge on any atom is -0.508 e. The predicted molar refractivity (Wildman–Crippen MR) is 70.6 cm³/mol. The number of carbonyl (C=O) groups is 1. The van der Waals surface area contributed by atoms with Gasteiger partial charge in [0.15, 0.2) is 0 Å². The summed E-state index contributed by atoms with van der Waals surface area (Å²) >= 11 is 0. The van der Waals surface area contributed by atoms with Gasteiger partial charge in [-0.05, 0) is 23.8 Å². The second-order valence-electron chi connectivity index (χ2n) is 4.11. The van der Waals surface area contributed by atoms with Crippen LogP contribution in [-0.2, 0) is 4.79 Å². The maximum absolute atomic E-state index is 11.5. The van der Waals surface area contributed by atoms with Gasteiger partial charge < -0.3 is 14.9 Å². The van der Waals surface area contributed by atoms with E-state index in [-0.39, 0.29) is 5.75 Å². The molecule has 0 spiro atoms. The molecule has 1 atom stereocenters. The van der Waals surface area contributed by atoms with Crippen LogP contribution in [0.4, 0.5) is 0 Å². The molecule has 0 unspecified atom stereocenters. The first kappa shape index (κ1) is 13.0. The standard InChI is InChI=1S/C15H14O4/c1-19-13-8-7-11(16)9-12(13)14(15(17)18)10-5-3-2-4-6-10/h2-9,14,16H,1H3,(H,17,18)/t14-/m1/s1. The van der Waals surface area contributed by atoms with E-state index in [1.54, 1.807) is 30.3 Å². The third-order valence-corrected chi connectivity index (χ3v) is 2.90. The van der Waals surface area contributed by atoms with E-state index in [1.807, 2.05) is 6.07 Å². The number of phenols is 1. The highest BCUT2D eigenvalue weighted by Gasteiger charge is 2.25. The molecule has 0 bridgehead atoms. The van der Waals surface area contributed by atoms with Crippen molar-refractivity contribution in [1.29, 1.82) is 0 Å².